The van der Waals surface area contributed by atoms with Gasteiger partial charge in [0.05, 0.1) is 11.6 Å². The van der Waals surface area contributed by atoms with Gasteiger partial charge in [0.1, 0.15) is 5.82 Å². The number of hydrogen-bond donors (Lipinski definition) is 2. The van der Waals surface area contributed by atoms with Gasteiger partial charge in [-0.15, -0.1) is 0 Å². The molecular formula is C19H20F4N2O. The molecule has 0 fully saturated rings. The molecule has 2 aromatic carbocycles. The molecule has 0 aromatic heterocycles. The minimum atomic E-state index is -4.38. The maximum atomic E-state index is 13.3. The molecule has 0 aliphatic carbocycles. The largest absolute Gasteiger partial charge is 0.416 e. The number of alkyl halides is 3. The zero-order valence-electron chi connectivity index (χ0n) is 14.6. The number of nitrogens with one attached hydrogen (secondary N) is 2. The van der Waals surface area contributed by atoms with E-state index in [1.807, 2.05) is 0 Å². The van der Waals surface area contributed by atoms with Gasteiger partial charge in [0, 0.05) is 11.7 Å². The summed E-state index contributed by atoms with van der Waals surface area (Å²) in [5.74, 6) is -0.818. The summed E-state index contributed by atoms with van der Waals surface area (Å²) in [5.41, 5.74) is 1.01. The third-order valence-corrected chi connectivity index (χ3v) is 4.09. The molecule has 2 aromatic rings. The van der Waals surface area contributed by atoms with E-state index in [9.17, 15) is 22.4 Å². The van der Waals surface area contributed by atoms with E-state index >= 15 is 0 Å². The maximum absolute atomic E-state index is 13.3. The molecule has 0 aliphatic rings. The Morgan fingerprint density at radius 1 is 1.04 bits per heavy atom. The van der Waals surface area contributed by atoms with Crippen LogP contribution in [0.2, 0.25) is 0 Å². The monoisotopic (exact) mass is 368 g/mol. The predicted molar refractivity (Wildman–Crippen MR) is 92.2 cm³/mol. The van der Waals surface area contributed by atoms with Crippen molar-refractivity contribution in [3.05, 3.63) is 65.0 Å². The minimum absolute atomic E-state index is 0.341. The van der Waals surface area contributed by atoms with Crippen LogP contribution in [-0.2, 0) is 11.0 Å². The molecule has 1 amide bonds. The van der Waals surface area contributed by atoms with Gasteiger partial charge in [0.25, 0.3) is 0 Å². The fourth-order valence-corrected chi connectivity index (χ4v) is 2.48. The van der Waals surface area contributed by atoms with Gasteiger partial charge in [0.2, 0.25) is 5.91 Å². The average molecular weight is 368 g/mol. The second-order valence-electron chi connectivity index (χ2n) is 6.18. The molecule has 0 aliphatic heterocycles. The molecule has 2 N–H and O–H groups in total. The van der Waals surface area contributed by atoms with Gasteiger partial charge in [0.15, 0.2) is 0 Å². The van der Waals surface area contributed by atoms with Crippen molar-refractivity contribution in [2.75, 3.05) is 5.32 Å². The zero-order valence-corrected chi connectivity index (χ0v) is 14.6. The lowest BCUT2D eigenvalue weighted by molar-refractivity contribution is -0.137. The number of hydrogen-bond acceptors (Lipinski definition) is 2. The van der Waals surface area contributed by atoms with Gasteiger partial charge in [-0.05, 0) is 56.2 Å². The summed E-state index contributed by atoms with van der Waals surface area (Å²) in [5, 5.41) is 5.67. The van der Waals surface area contributed by atoms with Crippen LogP contribution in [0.25, 0.3) is 0 Å². The number of anilines is 1. The highest BCUT2D eigenvalue weighted by Crippen LogP contribution is 2.30. The van der Waals surface area contributed by atoms with Gasteiger partial charge in [-0.2, -0.15) is 13.2 Å². The lowest BCUT2D eigenvalue weighted by Gasteiger charge is -2.21. The Labute approximate surface area is 149 Å². The summed E-state index contributed by atoms with van der Waals surface area (Å²) < 4.78 is 51.1. The van der Waals surface area contributed by atoms with E-state index in [1.165, 1.54) is 24.3 Å². The SMILES string of the molecule is Cc1ccc(F)cc1NC(=O)C(C)NC(C)c1ccc(C(F)(F)F)cc1. The van der Waals surface area contributed by atoms with E-state index in [1.54, 1.807) is 26.8 Å². The Morgan fingerprint density at radius 3 is 2.23 bits per heavy atom. The fraction of sp³-hybridized carbons (Fsp3) is 0.316. The minimum Gasteiger partial charge on any atom is -0.324 e. The number of carbonyl (C=O) groups excluding carboxylic acids is 1. The van der Waals surface area contributed by atoms with Gasteiger partial charge in [-0.25, -0.2) is 4.39 Å². The molecule has 2 rings (SSSR count). The average Bonchev–Trinajstić information content (AvgIpc) is 2.57. The van der Waals surface area contributed by atoms with Crippen LogP contribution in [0.3, 0.4) is 0 Å². The molecule has 2 atom stereocenters. The lowest BCUT2D eigenvalue weighted by atomic mass is 10.0. The van der Waals surface area contributed by atoms with Gasteiger partial charge in [-0.1, -0.05) is 18.2 Å². The maximum Gasteiger partial charge on any atom is 0.416 e. The topological polar surface area (TPSA) is 41.1 Å². The normalized spacial score (nSPS) is 14.0. The van der Waals surface area contributed by atoms with Crippen LogP contribution in [0.5, 0.6) is 0 Å². The number of halogens is 4. The van der Waals surface area contributed by atoms with E-state index in [0.29, 0.717) is 11.3 Å². The lowest BCUT2D eigenvalue weighted by Crippen LogP contribution is -2.39. The number of rotatable bonds is 5. The van der Waals surface area contributed by atoms with Crippen LogP contribution < -0.4 is 10.6 Å². The van der Waals surface area contributed by atoms with Crippen molar-refractivity contribution >= 4 is 11.6 Å². The summed E-state index contributed by atoms with van der Waals surface area (Å²) >= 11 is 0. The first-order valence-electron chi connectivity index (χ1n) is 8.08. The highest BCUT2D eigenvalue weighted by molar-refractivity contribution is 5.95. The van der Waals surface area contributed by atoms with Crippen molar-refractivity contribution in [2.45, 2.75) is 39.0 Å². The van der Waals surface area contributed by atoms with E-state index in [2.05, 4.69) is 10.6 Å². The van der Waals surface area contributed by atoms with Gasteiger partial charge < -0.3 is 5.32 Å². The van der Waals surface area contributed by atoms with E-state index < -0.39 is 23.6 Å². The van der Waals surface area contributed by atoms with E-state index in [0.717, 1.165) is 17.7 Å². The van der Waals surface area contributed by atoms with Crippen LogP contribution in [0, 0.1) is 12.7 Å². The molecular weight excluding hydrogens is 348 g/mol. The Kier molecular flexibility index (Phi) is 6.02. The summed E-state index contributed by atoms with van der Waals surface area (Å²) in [6.45, 7) is 5.13. The molecule has 7 heteroatoms. The Hall–Kier alpha value is -2.41. The predicted octanol–water partition coefficient (Wildman–Crippen LogP) is 4.83. The fourth-order valence-electron chi connectivity index (χ4n) is 2.48. The highest BCUT2D eigenvalue weighted by Gasteiger charge is 2.30. The molecule has 0 radical (unpaired) electrons. The standard InChI is InChI=1S/C19H20F4N2O/c1-11-4-9-16(20)10-17(11)25-18(26)13(3)24-12(2)14-5-7-15(8-6-14)19(21,22)23/h4-10,12-13,24H,1-3H3,(H,25,26). The van der Waals surface area contributed by atoms with Crippen LogP contribution in [0.4, 0.5) is 23.2 Å². The molecule has 0 bridgehead atoms. The molecule has 0 saturated heterocycles. The van der Waals surface area contributed by atoms with Crippen molar-refractivity contribution in [1.82, 2.24) is 5.32 Å². The Bertz CT molecular complexity index is 772. The molecule has 140 valence electrons. The number of benzene rings is 2. The van der Waals surface area contributed by atoms with Crippen molar-refractivity contribution in [1.29, 1.82) is 0 Å². The molecule has 2 unspecified atom stereocenters. The van der Waals surface area contributed by atoms with Crippen LogP contribution >= 0.6 is 0 Å². The summed E-state index contributed by atoms with van der Waals surface area (Å²) in [7, 11) is 0. The van der Waals surface area contributed by atoms with Crippen LogP contribution in [0.1, 0.15) is 36.6 Å². The first-order valence-corrected chi connectivity index (χ1v) is 8.08. The summed E-state index contributed by atoms with van der Waals surface area (Å²) in [4.78, 5) is 12.3. The van der Waals surface area contributed by atoms with E-state index in [-0.39, 0.29) is 11.9 Å². The van der Waals surface area contributed by atoms with Crippen molar-refractivity contribution in [3.8, 4) is 0 Å². The van der Waals surface area contributed by atoms with Crippen LogP contribution in [0.15, 0.2) is 42.5 Å². The Balaban J connectivity index is 2.00. The first kappa shape index (κ1) is 19.9. The van der Waals surface area contributed by atoms with E-state index in [4.69, 9.17) is 0 Å². The second-order valence-corrected chi connectivity index (χ2v) is 6.18. The summed E-state index contributed by atoms with van der Waals surface area (Å²) in [6.07, 6.45) is -4.38. The molecule has 0 saturated carbocycles. The van der Waals surface area contributed by atoms with Gasteiger partial charge >= 0.3 is 6.18 Å². The molecule has 0 heterocycles. The van der Waals surface area contributed by atoms with Crippen molar-refractivity contribution in [2.24, 2.45) is 0 Å². The quantitative estimate of drug-likeness (QED) is 0.742. The first-order chi connectivity index (χ1) is 12.1. The molecule has 26 heavy (non-hydrogen) atoms. The smallest absolute Gasteiger partial charge is 0.324 e. The zero-order chi connectivity index (χ0) is 19.5. The van der Waals surface area contributed by atoms with Crippen LogP contribution in [-0.4, -0.2) is 11.9 Å². The number of amides is 1. The summed E-state index contributed by atoms with van der Waals surface area (Å²) in [6, 6.07) is 7.90. The third-order valence-electron chi connectivity index (χ3n) is 4.09. The second kappa shape index (κ2) is 7.86. The third kappa shape index (κ3) is 5.05. The van der Waals surface area contributed by atoms with Crippen molar-refractivity contribution in [3.63, 3.8) is 0 Å². The van der Waals surface area contributed by atoms with Crippen molar-refractivity contribution < 1.29 is 22.4 Å². The van der Waals surface area contributed by atoms with Gasteiger partial charge in [-0.3, -0.25) is 10.1 Å². The highest BCUT2D eigenvalue weighted by atomic mass is 19.4. The number of aryl methyl sites for hydroxylation is 1. The molecule has 3 nitrogen and oxygen atoms in total. The Morgan fingerprint density at radius 2 is 1.65 bits per heavy atom. The molecule has 0 spiro atoms. The number of carbonyl (C=O) groups is 1.